The van der Waals surface area contributed by atoms with Crippen LogP contribution in [-0.4, -0.2) is 27.0 Å². The first-order valence-electron chi connectivity index (χ1n) is 8.21. The van der Waals surface area contributed by atoms with Crippen molar-refractivity contribution in [3.8, 4) is 0 Å². The van der Waals surface area contributed by atoms with Gasteiger partial charge < -0.3 is 15.3 Å². The van der Waals surface area contributed by atoms with E-state index in [0.29, 0.717) is 6.42 Å². The first kappa shape index (κ1) is 16.5. The Morgan fingerprint density at radius 2 is 1.86 bits per heavy atom. The van der Waals surface area contributed by atoms with E-state index in [1.54, 1.807) is 0 Å². The minimum Gasteiger partial charge on any atom is -0.390 e. The van der Waals surface area contributed by atoms with E-state index >= 15 is 0 Å². The van der Waals surface area contributed by atoms with Crippen LogP contribution in [-0.2, 0) is 6.42 Å². The third-order valence-corrected chi connectivity index (χ3v) is 4.74. The summed E-state index contributed by atoms with van der Waals surface area (Å²) in [7, 11) is 0. The van der Waals surface area contributed by atoms with Crippen LogP contribution in [0.4, 0.5) is 0 Å². The van der Waals surface area contributed by atoms with Gasteiger partial charge in [0, 0.05) is 0 Å². The van der Waals surface area contributed by atoms with E-state index < -0.39 is 17.8 Å². The summed E-state index contributed by atoms with van der Waals surface area (Å²) in [4.78, 5) is 0. The molecule has 0 radical (unpaired) electrons. The number of aliphatic hydroxyl groups is 3. The molecule has 1 aromatic rings. The average molecular weight is 292 g/mol. The maximum Gasteiger partial charge on any atom is 0.105 e. The Hall–Kier alpha value is -0.900. The zero-order chi connectivity index (χ0) is 15.3. The highest BCUT2D eigenvalue weighted by molar-refractivity contribution is 5.26. The molecule has 118 valence electrons. The molecule has 1 fully saturated rings. The van der Waals surface area contributed by atoms with Crippen LogP contribution in [0.1, 0.15) is 69.1 Å². The van der Waals surface area contributed by atoms with Crippen molar-refractivity contribution in [2.45, 2.75) is 76.1 Å². The minimum absolute atomic E-state index is 0.504. The summed E-state index contributed by atoms with van der Waals surface area (Å²) in [6, 6.07) is 7.75. The topological polar surface area (TPSA) is 60.7 Å². The molecule has 1 aliphatic carbocycles. The number of rotatable bonds is 6. The van der Waals surface area contributed by atoms with Gasteiger partial charge in [-0.15, -0.1) is 0 Å². The van der Waals surface area contributed by atoms with Crippen LogP contribution in [0, 0.1) is 0 Å². The minimum atomic E-state index is -0.826. The first-order chi connectivity index (χ1) is 10.0. The summed E-state index contributed by atoms with van der Waals surface area (Å²) < 4.78 is 0. The molecule has 21 heavy (non-hydrogen) atoms. The normalized spacial score (nSPS) is 21.0. The number of aliphatic hydroxyl groups excluding tert-OH is 2. The Labute approximate surface area is 127 Å². The van der Waals surface area contributed by atoms with Crippen molar-refractivity contribution in [1.29, 1.82) is 0 Å². The van der Waals surface area contributed by atoms with Crippen LogP contribution >= 0.6 is 0 Å². The quantitative estimate of drug-likeness (QED) is 0.755. The third-order valence-electron chi connectivity index (χ3n) is 4.74. The van der Waals surface area contributed by atoms with E-state index in [1.165, 1.54) is 6.42 Å². The van der Waals surface area contributed by atoms with Crippen molar-refractivity contribution in [2.24, 2.45) is 0 Å². The highest BCUT2D eigenvalue weighted by Crippen LogP contribution is 2.32. The van der Waals surface area contributed by atoms with Gasteiger partial charge in [-0.25, -0.2) is 0 Å². The lowest BCUT2D eigenvalue weighted by atomic mass is 9.81. The molecule has 0 amide bonds. The van der Waals surface area contributed by atoms with Gasteiger partial charge in [0.05, 0.1) is 11.7 Å². The van der Waals surface area contributed by atoms with E-state index in [2.05, 4.69) is 0 Å². The van der Waals surface area contributed by atoms with E-state index in [1.807, 2.05) is 31.2 Å². The monoisotopic (exact) mass is 292 g/mol. The molecule has 1 saturated carbocycles. The molecular formula is C18H28O3. The molecule has 3 nitrogen and oxygen atoms in total. The van der Waals surface area contributed by atoms with Crippen LogP contribution in [0.2, 0.25) is 0 Å². The Bertz CT molecular complexity index is 438. The van der Waals surface area contributed by atoms with Crippen LogP contribution in [0.5, 0.6) is 0 Å². The molecule has 0 heterocycles. The Kier molecular flexibility index (Phi) is 5.80. The fourth-order valence-electron chi connectivity index (χ4n) is 3.21. The molecule has 0 bridgehead atoms. The standard InChI is InChI=1S/C18H28O3/c1-2-16(19)17(20)15-8-6-7-14(13-15)9-12-18(21)10-4-3-5-11-18/h6-8,13,16-17,19-21H,2-5,9-12H2,1H3/t16-,17-/m0/s1. The second kappa shape index (κ2) is 7.39. The smallest absolute Gasteiger partial charge is 0.105 e. The summed E-state index contributed by atoms with van der Waals surface area (Å²) in [6.45, 7) is 1.86. The average Bonchev–Trinajstić information content (AvgIpc) is 2.52. The Morgan fingerprint density at radius 3 is 2.52 bits per heavy atom. The largest absolute Gasteiger partial charge is 0.390 e. The van der Waals surface area contributed by atoms with Crippen molar-refractivity contribution in [3.63, 3.8) is 0 Å². The van der Waals surface area contributed by atoms with Gasteiger partial charge in [0.1, 0.15) is 6.10 Å². The number of aryl methyl sites for hydroxylation is 1. The van der Waals surface area contributed by atoms with E-state index in [0.717, 1.165) is 49.7 Å². The molecule has 0 saturated heterocycles. The number of hydrogen-bond donors (Lipinski definition) is 3. The molecule has 1 aromatic carbocycles. The van der Waals surface area contributed by atoms with Gasteiger partial charge in [0.15, 0.2) is 0 Å². The zero-order valence-electron chi connectivity index (χ0n) is 13.0. The fraction of sp³-hybridized carbons (Fsp3) is 0.667. The summed E-state index contributed by atoms with van der Waals surface area (Å²) in [6.07, 6.45) is 5.88. The second-order valence-corrected chi connectivity index (χ2v) is 6.45. The van der Waals surface area contributed by atoms with Crippen molar-refractivity contribution in [3.05, 3.63) is 35.4 Å². The summed E-state index contributed by atoms with van der Waals surface area (Å²) in [5.74, 6) is 0. The second-order valence-electron chi connectivity index (χ2n) is 6.45. The Balaban J connectivity index is 1.97. The van der Waals surface area contributed by atoms with Crippen molar-refractivity contribution >= 4 is 0 Å². The molecule has 2 rings (SSSR count). The van der Waals surface area contributed by atoms with Gasteiger partial charge in [-0.2, -0.15) is 0 Å². The lowest BCUT2D eigenvalue weighted by Crippen LogP contribution is -2.31. The predicted octanol–water partition coefficient (Wildman–Crippen LogP) is 3.12. The SMILES string of the molecule is CC[C@H](O)[C@@H](O)c1cccc(CCC2(O)CCCCC2)c1. The van der Waals surface area contributed by atoms with Gasteiger partial charge in [-0.1, -0.05) is 50.5 Å². The fourth-order valence-corrected chi connectivity index (χ4v) is 3.21. The van der Waals surface area contributed by atoms with Crippen molar-refractivity contribution in [2.75, 3.05) is 0 Å². The molecule has 1 aliphatic rings. The Morgan fingerprint density at radius 1 is 1.14 bits per heavy atom. The maximum absolute atomic E-state index is 10.5. The van der Waals surface area contributed by atoms with Crippen molar-refractivity contribution < 1.29 is 15.3 Å². The van der Waals surface area contributed by atoms with Gasteiger partial charge in [0.25, 0.3) is 0 Å². The van der Waals surface area contributed by atoms with Gasteiger partial charge >= 0.3 is 0 Å². The van der Waals surface area contributed by atoms with Crippen LogP contribution in [0.15, 0.2) is 24.3 Å². The summed E-state index contributed by atoms with van der Waals surface area (Å²) in [5, 5.41) is 30.4. The number of hydrogen-bond acceptors (Lipinski definition) is 3. The third kappa shape index (κ3) is 4.53. The van der Waals surface area contributed by atoms with E-state index in [-0.39, 0.29) is 0 Å². The van der Waals surface area contributed by atoms with E-state index in [4.69, 9.17) is 0 Å². The zero-order valence-corrected chi connectivity index (χ0v) is 13.0. The lowest BCUT2D eigenvalue weighted by molar-refractivity contribution is -0.00348. The van der Waals surface area contributed by atoms with Crippen LogP contribution < -0.4 is 0 Å². The van der Waals surface area contributed by atoms with E-state index in [9.17, 15) is 15.3 Å². The first-order valence-corrected chi connectivity index (χ1v) is 8.21. The molecule has 0 aliphatic heterocycles. The molecule has 0 spiro atoms. The molecule has 3 N–H and O–H groups in total. The van der Waals surface area contributed by atoms with Crippen LogP contribution in [0.25, 0.3) is 0 Å². The highest BCUT2D eigenvalue weighted by atomic mass is 16.3. The molecular weight excluding hydrogens is 264 g/mol. The number of benzene rings is 1. The molecule has 0 aromatic heterocycles. The van der Waals surface area contributed by atoms with Crippen LogP contribution in [0.3, 0.4) is 0 Å². The maximum atomic E-state index is 10.5. The molecule has 0 unspecified atom stereocenters. The van der Waals surface area contributed by atoms with Gasteiger partial charge in [0.2, 0.25) is 0 Å². The highest BCUT2D eigenvalue weighted by Gasteiger charge is 2.28. The van der Waals surface area contributed by atoms with Crippen molar-refractivity contribution in [1.82, 2.24) is 0 Å². The molecule has 3 heteroatoms. The van der Waals surface area contributed by atoms with Gasteiger partial charge in [-0.3, -0.25) is 0 Å². The summed E-state index contributed by atoms with van der Waals surface area (Å²) >= 11 is 0. The summed E-state index contributed by atoms with van der Waals surface area (Å²) in [5.41, 5.74) is 1.38. The van der Waals surface area contributed by atoms with Gasteiger partial charge in [-0.05, 0) is 43.2 Å². The molecule has 2 atom stereocenters. The lowest BCUT2D eigenvalue weighted by Gasteiger charge is -2.32. The predicted molar refractivity (Wildman–Crippen MR) is 84.1 cm³/mol.